The summed E-state index contributed by atoms with van der Waals surface area (Å²) < 4.78 is 42.3. The highest BCUT2D eigenvalue weighted by Crippen LogP contribution is 2.42. The molecule has 1 saturated heterocycles. The highest BCUT2D eigenvalue weighted by molar-refractivity contribution is 5.47. The summed E-state index contributed by atoms with van der Waals surface area (Å²) in [5, 5.41) is 0. The minimum atomic E-state index is -0.965. The summed E-state index contributed by atoms with van der Waals surface area (Å²) in [4.78, 5) is 0. The summed E-state index contributed by atoms with van der Waals surface area (Å²) in [6.45, 7) is 4.04. The van der Waals surface area contributed by atoms with Crippen LogP contribution in [0.2, 0.25) is 0 Å². The van der Waals surface area contributed by atoms with Gasteiger partial charge in [-0.3, -0.25) is 0 Å². The molecular weight excluding hydrogens is 745 g/mol. The smallest absolute Gasteiger partial charge is 0.186 e. The molecule has 312 valence electrons. The van der Waals surface area contributed by atoms with Crippen LogP contribution in [0, 0.1) is 0 Å². The molecule has 1 aliphatic rings. The van der Waals surface area contributed by atoms with Crippen LogP contribution < -0.4 is 0 Å². The van der Waals surface area contributed by atoms with Gasteiger partial charge in [-0.25, -0.2) is 0 Å². The van der Waals surface area contributed by atoms with Gasteiger partial charge in [-0.15, -0.1) is 0 Å². The van der Waals surface area contributed by atoms with Gasteiger partial charge in [0.25, 0.3) is 0 Å². The summed E-state index contributed by atoms with van der Waals surface area (Å²) >= 11 is 0. The number of hydrogen-bond acceptors (Lipinski definition) is 6. The Bertz CT molecular complexity index is 1940. The highest BCUT2D eigenvalue weighted by Gasteiger charge is 2.50. The zero-order chi connectivity index (χ0) is 41.1. The molecule has 1 aliphatic heterocycles. The van der Waals surface area contributed by atoms with Gasteiger partial charge in [0.15, 0.2) is 6.29 Å². The monoisotopic (exact) mass is 804 g/mol. The van der Waals surface area contributed by atoms with E-state index in [4.69, 9.17) is 28.4 Å². The van der Waals surface area contributed by atoms with Crippen molar-refractivity contribution in [2.75, 3.05) is 13.2 Å². The minimum absolute atomic E-state index is 0.172. The Morgan fingerprint density at radius 1 is 0.417 bits per heavy atom. The van der Waals surface area contributed by atoms with Crippen LogP contribution in [0.15, 0.2) is 182 Å². The molecule has 1 fully saturated rings. The van der Waals surface area contributed by atoms with Gasteiger partial charge in [0.2, 0.25) is 0 Å². The third kappa shape index (κ3) is 11.7. The molecule has 0 spiro atoms. The van der Waals surface area contributed by atoms with E-state index in [-0.39, 0.29) is 6.61 Å². The van der Waals surface area contributed by atoms with E-state index < -0.39 is 36.3 Å². The molecule has 0 bridgehead atoms. The van der Waals surface area contributed by atoms with E-state index in [2.05, 4.69) is 116 Å². The van der Waals surface area contributed by atoms with Gasteiger partial charge >= 0.3 is 0 Å². The summed E-state index contributed by atoms with van der Waals surface area (Å²) in [6.07, 6.45) is 3.81. The van der Waals surface area contributed by atoms with E-state index in [9.17, 15) is 0 Å². The SMILES string of the molecule is CCCCCCCCO[C@H]1O[C@H](COC(c2ccccc2)(c2ccccc2)c2ccccc2)[C@@H](OCc2ccccc2)[C@H](OCc2ccccc2)[C@H]1OCc1ccccc1. The van der Waals surface area contributed by atoms with Gasteiger partial charge in [0.05, 0.1) is 26.4 Å². The fraction of sp³-hybridized carbons (Fsp3) is 0.333. The van der Waals surface area contributed by atoms with Crippen molar-refractivity contribution in [2.45, 2.75) is 102 Å². The van der Waals surface area contributed by atoms with Crippen molar-refractivity contribution in [1.29, 1.82) is 0 Å². The molecule has 0 radical (unpaired) electrons. The second-order valence-corrected chi connectivity index (χ2v) is 15.6. The number of hydrogen-bond donors (Lipinski definition) is 0. The molecule has 6 nitrogen and oxygen atoms in total. The molecule has 1 heterocycles. The van der Waals surface area contributed by atoms with Crippen LogP contribution >= 0.6 is 0 Å². The van der Waals surface area contributed by atoms with E-state index in [1.807, 2.05) is 72.8 Å². The van der Waals surface area contributed by atoms with Gasteiger partial charge in [-0.1, -0.05) is 221 Å². The van der Waals surface area contributed by atoms with Crippen molar-refractivity contribution in [3.8, 4) is 0 Å². The van der Waals surface area contributed by atoms with Gasteiger partial charge in [0.1, 0.15) is 30.0 Å². The summed E-state index contributed by atoms with van der Waals surface area (Å²) in [6, 6.07) is 62.1. The zero-order valence-corrected chi connectivity index (χ0v) is 34.9. The molecule has 0 unspecified atom stereocenters. The Hall–Kier alpha value is -4.92. The van der Waals surface area contributed by atoms with E-state index in [0.717, 1.165) is 46.2 Å². The highest BCUT2D eigenvalue weighted by atomic mass is 16.7. The minimum Gasteiger partial charge on any atom is -0.368 e. The first kappa shape index (κ1) is 43.2. The Morgan fingerprint density at radius 3 is 1.25 bits per heavy atom. The first-order chi connectivity index (χ1) is 29.7. The molecule has 0 saturated carbocycles. The molecular formula is C54H60O6. The second-order valence-electron chi connectivity index (χ2n) is 15.6. The largest absolute Gasteiger partial charge is 0.368 e. The number of unbranched alkanes of at least 4 members (excludes halogenated alkanes) is 5. The fourth-order valence-electron chi connectivity index (χ4n) is 8.07. The molecule has 0 amide bonds. The average Bonchev–Trinajstić information content (AvgIpc) is 3.32. The van der Waals surface area contributed by atoms with Crippen LogP contribution in [0.4, 0.5) is 0 Å². The Morgan fingerprint density at radius 2 is 0.800 bits per heavy atom. The maximum Gasteiger partial charge on any atom is 0.186 e. The second kappa shape index (κ2) is 23.2. The van der Waals surface area contributed by atoms with E-state index in [0.29, 0.717) is 26.4 Å². The third-order valence-electron chi connectivity index (χ3n) is 11.2. The van der Waals surface area contributed by atoms with Crippen LogP contribution in [0.5, 0.6) is 0 Å². The van der Waals surface area contributed by atoms with Crippen LogP contribution in [0.1, 0.15) is 78.8 Å². The first-order valence-electron chi connectivity index (χ1n) is 21.8. The van der Waals surface area contributed by atoms with Crippen molar-refractivity contribution in [2.24, 2.45) is 0 Å². The third-order valence-corrected chi connectivity index (χ3v) is 11.2. The number of ether oxygens (including phenoxy) is 6. The first-order valence-corrected chi connectivity index (χ1v) is 21.8. The zero-order valence-electron chi connectivity index (χ0n) is 34.9. The van der Waals surface area contributed by atoms with Gasteiger partial charge in [0, 0.05) is 6.61 Å². The maximum absolute atomic E-state index is 7.46. The van der Waals surface area contributed by atoms with Crippen LogP contribution in [-0.2, 0) is 53.8 Å². The van der Waals surface area contributed by atoms with E-state index in [1.54, 1.807) is 0 Å². The standard InChI is InChI=1S/C54H60O6/c1-2-3-4-5-6-25-38-55-53-52(58-41-45-30-17-9-18-31-45)51(57-40-44-28-15-8-16-29-44)50(56-39-43-26-13-7-14-27-43)49(60-53)42-59-54(46-32-19-10-20-33-46,47-34-21-11-22-35-47)48-36-23-12-24-37-48/h7-24,26-37,49-53H,2-6,25,38-42H2,1H3/t49-,50-,51+,52-,53+/m1/s1. The fourth-order valence-corrected chi connectivity index (χ4v) is 8.07. The molecule has 5 atom stereocenters. The predicted molar refractivity (Wildman–Crippen MR) is 238 cm³/mol. The lowest BCUT2D eigenvalue weighted by Crippen LogP contribution is -2.62. The molecule has 0 aromatic heterocycles. The summed E-state index contributed by atoms with van der Waals surface area (Å²) in [5.74, 6) is 0. The van der Waals surface area contributed by atoms with Crippen LogP contribution in [-0.4, -0.2) is 43.9 Å². The predicted octanol–water partition coefficient (Wildman–Crippen LogP) is 11.9. The van der Waals surface area contributed by atoms with Crippen molar-refractivity contribution in [3.05, 3.63) is 215 Å². The molecule has 6 heteroatoms. The Labute approximate surface area is 357 Å². The molecule has 6 aromatic carbocycles. The lowest BCUT2D eigenvalue weighted by molar-refractivity contribution is -0.330. The van der Waals surface area contributed by atoms with Crippen LogP contribution in [0.25, 0.3) is 0 Å². The molecule has 0 aliphatic carbocycles. The van der Waals surface area contributed by atoms with Crippen molar-refractivity contribution in [3.63, 3.8) is 0 Å². The number of benzene rings is 6. The van der Waals surface area contributed by atoms with Gasteiger partial charge in [-0.2, -0.15) is 0 Å². The van der Waals surface area contributed by atoms with Crippen molar-refractivity contribution < 1.29 is 28.4 Å². The van der Waals surface area contributed by atoms with E-state index in [1.165, 1.54) is 25.7 Å². The van der Waals surface area contributed by atoms with Gasteiger partial charge in [-0.05, 0) is 39.8 Å². The molecule has 6 aromatic rings. The maximum atomic E-state index is 7.46. The Kier molecular flexibility index (Phi) is 16.7. The summed E-state index contributed by atoms with van der Waals surface area (Å²) in [5.41, 5.74) is 5.23. The molecule has 7 rings (SSSR count). The van der Waals surface area contributed by atoms with Crippen LogP contribution in [0.3, 0.4) is 0 Å². The average molecular weight is 805 g/mol. The quantitative estimate of drug-likeness (QED) is 0.0475. The number of rotatable bonds is 23. The van der Waals surface area contributed by atoms with Gasteiger partial charge < -0.3 is 28.4 Å². The molecule has 0 N–H and O–H groups in total. The van der Waals surface area contributed by atoms with E-state index >= 15 is 0 Å². The topological polar surface area (TPSA) is 55.4 Å². The lowest BCUT2D eigenvalue weighted by Gasteiger charge is -2.47. The lowest BCUT2D eigenvalue weighted by atomic mass is 9.80. The van der Waals surface area contributed by atoms with Crippen molar-refractivity contribution in [1.82, 2.24) is 0 Å². The normalized spacial score (nSPS) is 19.2. The molecule has 60 heavy (non-hydrogen) atoms. The Balaban J connectivity index is 1.27. The summed E-state index contributed by atoms with van der Waals surface area (Å²) in [7, 11) is 0. The van der Waals surface area contributed by atoms with Crippen molar-refractivity contribution >= 4 is 0 Å².